The highest BCUT2D eigenvalue weighted by Crippen LogP contribution is 2.20. The van der Waals surface area contributed by atoms with Crippen LogP contribution in [0.25, 0.3) is 11.0 Å². The Morgan fingerprint density at radius 2 is 2.00 bits per heavy atom. The summed E-state index contributed by atoms with van der Waals surface area (Å²) in [6, 6.07) is 4.80. The van der Waals surface area contributed by atoms with Crippen LogP contribution in [0, 0.1) is 0 Å². The van der Waals surface area contributed by atoms with E-state index in [2.05, 4.69) is 10.3 Å². The third-order valence-electron chi connectivity index (χ3n) is 3.75. The van der Waals surface area contributed by atoms with Crippen molar-refractivity contribution in [3.8, 4) is 0 Å². The van der Waals surface area contributed by atoms with Crippen LogP contribution in [0.5, 0.6) is 0 Å². The summed E-state index contributed by atoms with van der Waals surface area (Å²) in [6.45, 7) is 6.71. The molecule has 0 radical (unpaired) electrons. The van der Waals surface area contributed by atoms with E-state index in [0.717, 1.165) is 24.8 Å². The number of carbonyl (C=O) groups excluding carboxylic acids is 1. The molecule has 0 spiro atoms. The number of nitrogens with zero attached hydrogens (tertiary/aromatic N) is 2. The number of nitrogens with two attached hydrogens (primary N) is 1. The van der Waals surface area contributed by atoms with Gasteiger partial charge in [0.25, 0.3) is 0 Å². The number of aryl methyl sites for hydroxylation is 1. The third-order valence-corrected chi connectivity index (χ3v) is 3.75. The van der Waals surface area contributed by atoms with E-state index in [4.69, 9.17) is 15.6 Å². The Hall–Kier alpha value is -2.77. The molecule has 1 aromatic heterocycles. The van der Waals surface area contributed by atoms with Gasteiger partial charge in [-0.3, -0.25) is 0 Å². The van der Waals surface area contributed by atoms with Crippen molar-refractivity contribution >= 4 is 29.0 Å². The number of rotatable bonds is 7. The number of ether oxygens (including phenoxy) is 1. The molecular formula is C18H26N4O4. The van der Waals surface area contributed by atoms with Crippen LogP contribution in [-0.2, 0) is 11.3 Å². The van der Waals surface area contributed by atoms with Gasteiger partial charge in [0, 0.05) is 13.1 Å². The molecule has 0 aliphatic carbocycles. The van der Waals surface area contributed by atoms with Gasteiger partial charge in [-0.1, -0.05) is 0 Å². The van der Waals surface area contributed by atoms with Crippen LogP contribution < -0.4 is 11.1 Å². The van der Waals surface area contributed by atoms with Gasteiger partial charge >= 0.3 is 12.1 Å². The van der Waals surface area contributed by atoms with Crippen LogP contribution in [0.4, 0.5) is 10.7 Å². The molecule has 0 aliphatic heterocycles. The Balaban J connectivity index is 1.80. The Kier molecular flexibility index (Phi) is 6.07. The van der Waals surface area contributed by atoms with E-state index < -0.39 is 17.7 Å². The normalized spacial score (nSPS) is 11.5. The van der Waals surface area contributed by atoms with Crippen LogP contribution in [0.3, 0.4) is 0 Å². The number of hydrogen-bond donors (Lipinski definition) is 3. The Morgan fingerprint density at radius 1 is 1.27 bits per heavy atom. The van der Waals surface area contributed by atoms with E-state index in [1.807, 2.05) is 25.3 Å². The number of unbranched alkanes of at least 4 members (excludes halogenated alkanes) is 2. The average Bonchev–Trinajstić information content (AvgIpc) is 2.83. The second-order valence-corrected chi connectivity index (χ2v) is 7.12. The van der Waals surface area contributed by atoms with Crippen molar-refractivity contribution in [2.24, 2.45) is 0 Å². The molecule has 26 heavy (non-hydrogen) atoms. The number of aromatic nitrogens is 2. The first-order valence-corrected chi connectivity index (χ1v) is 8.63. The Bertz CT molecular complexity index is 792. The number of nitrogens with one attached hydrogen (secondary N) is 1. The first-order chi connectivity index (χ1) is 12.2. The summed E-state index contributed by atoms with van der Waals surface area (Å²) in [5, 5.41) is 11.8. The van der Waals surface area contributed by atoms with Crippen molar-refractivity contribution in [3.63, 3.8) is 0 Å². The van der Waals surface area contributed by atoms with E-state index >= 15 is 0 Å². The minimum absolute atomic E-state index is 0.190. The molecule has 2 rings (SSSR count). The van der Waals surface area contributed by atoms with Gasteiger partial charge in [0.1, 0.15) is 5.60 Å². The van der Waals surface area contributed by atoms with Gasteiger partial charge in [0.15, 0.2) is 0 Å². The minimum Gasteiger partial charge on any atom is -0.478 e. The van der Waals surface area contributed by atoms with Crippen molar-refractivity contribution in [2.75, 3.05) is 12.3 Å². The molecule has 142 valence electrons. The number of amides is 1. The summed E-state index contributed by atoms with van der Waals surface area (Å²) >= 11 is 0. The molecule has 8 heteroatoms. The van der Waals surface area contributed by atoms with Gasteiger partial charge in [0.05, 0.1) is 16.6 Å². The van der Waals surface area contributed by atoms with E-state index in [1.165, 1.54) is 6.07 Å². The summed E-state index contributed by atoms with van der Waals surface area (Å²) in [7, 11) is 0. The van der Waals surface area contributed by atoms with Gasteiger partial charge < -0.3 is 25.5 Å². The molecular weight excluding hydrogens is 336 g/mol. The molecule has 1 aromatic carbocycles. The SMILES string of the molecule is CC(C)(C)OC(=O)NCCCCCn1c(N)nc2cc(C(=O)O)ccc21. The van der Waals surface area contributed by atoms with Gasteiger partial charge in [-0.05, 0) is 58.2 Å². The summed E-state index contributed by atoms with van der Waals surface area (Å²) < 4.78 is 7.05. The zero-order valence-electron chi connectivity index (χ0n) is 15.4. The maximum atomic E-state index is 11.5. The number of carbonyl (C=O) groups is 2. The summed E-state index contributed by atoms with van der Waals surface area (Å²) in [5.41, 5.74) is 7.04. The fraction of sp³-hybridized carbons (Fsp3) is 0.500. The monoisotopic (exact) mass is 362 g/mol. The smallest absolute Gasteiger partial charge is 0.407 e. The lowest BCUT2D eigenvalue weighted by atomic mass is 10.2. The maximum Gasteiger partial charge on any atom is 0.407 e. The van der Waals surface area contributed by atoms with E-state index in [9.17, 15) is 9.59 Å². The van der Waals surface area contributed by atoms with Gasteiger partial charge in [0.2, 0.25) is 5.95 Å². The van der Waals surface area contributed by atoms with Crippen LogP contribution >= 0.6 is 0 Å². The molecule has 0 saturated heterocycles. The molecule has 1 heterocycles. The first kappa shape index (κ1) is 19.6. The highest BCUT2D eigenvalue weighted by Gasteiger charge is 2.15. The molecule has 0 fully saturated rings. The van der Waals surface area contributed by atoms with Crippen LogP contribution in [0.1, 0.15) is 50.4 Å². The first-order valence-electron chi connectivity index (χ1n) is 8.63. The van der Waals surface area contributed by atoms with Gasteiger partial charge in [-0.25, -0.2) is 14.6 Å². The second kappa shape index (κ2) is 8.07. The zero-order chi connectivity index (χ0) is 19.3. The number of alkyl carbamates (subject to hydrolysis) is 1. The highest BCUT2D eigenvalue weighted by atomic mass is 16.6. The minimum atomic E-state index is -0.988. The molecule has 0 unspecified atom stereocenters. The molecule has 8 nitrogen and oxygen atoms in total. The fourth-order valence-electron chi connectivity index (χ4n) is 2.59. The molecule has 2 aromatic rings. The summed E-state index contributed by atoms with van der Waals surface area (Å²) in [5.74, 6) is -0.619. The predicted octanol–water partition coefficient (Wildman–Crippen LogP) is 3.01. The average molecular weight is 362 g/mol. The van der Waals surface area contributed by atoms with E-state index in [0.29, 0.717) is 24.6 Å². The summed E-state index contributed by atoms with van der Waals surface area (Å²) in [6.07, 6.45) is 2.19. The van der Waals surface area contributed by atoms with Crippen molar-refractivity contribution in [3.05, 3.63) is 23.8 Å². The highest BCUT2D eigenvalue weighted by molar-refractivity contribution is 5.92. The zero-order valence-corrected chi connectivity index (χ0v) is 15.4. The van der Waals surface area contributed by atoms with Crippen molar-refractivity contribution in [1.82, 2.24) is 14.9 Å². The maximum absolute atomic E-state index is 11.5. The molecule has 1 amide bonds. The standard InChI is InChI=1S/C18H26N4O4/c1-18(2,3)26-17(25)20-9-5-4-6-10-22-14-8-7-12(15(23)24)11-13(14)21-16(22)19/h7-8,11H,4-6,9-10H2,1-3H3,(H2,19,21)(H,20,25)(H,23,24). The number of benzene rings is 1. The third kappa shape index (κ3) is 5.37. The lowest BCUT2D eigenvalue weighted by Crippen LogP contribution is -2.33. The number of carboxylic acid groups (broad SMARTS) is 1. The van der Waals surface area contributed by atoms with Crippen LogP contribution in [0.2, 0.25) is 0 Å². The lowest BCUT2D eigenvalue weighted by Gasteiger charge is -2.19. The second-order valence-electron chi connectivity index (χ2n) is 7.12. The number of imidazole rings is 1. The molecule has 4 N–H and O–H groups in total. The summed E-state index contributed by atoms with van der Waals surface area (Å²) in [4.78, 5) is 26.8. The van der Waals surface area contributed by atoms with E-state index in [-0.39, 0.29) is 5.56 Å². The predicted molar refractivity (Wildman–Crippen MR) is 99.2 cm³/mol. The Morgan fingerprint density at radius 3 is 2.65 bits per heavy atom. The number of anilines is 1. The van der Waals surface area contributed by atoms with E-state index in [1.54, 1.807) is 12.1 Å². The number of fused-ring (bicyclic) bond motifs is 1. The van der Waals surface area contributed by atoms with Crippen molar-refractivity contribution in [1.29, 1.82) is 0 Å². The number of carboxylic acids is 1. The lowest BCUT2D eigenvalue weighted by molar-refractivity contribution is 0.0526. The van der Waals surface area contributed by atoms with Crippen molar-refractivity contribution in [2.45, 2.75) is 52.2 Å². The molecule has 0 saturated carbocycles. The fourth-order valence-corrected chi connectivity index (χ4v) is 2.59. The number of aromatic carboxylic acids is 1. The quantitative estimate of drug-likeness (QED) is 0.651. The Labute approximate surface area is 152 Å². The molecule has 0 atom stereocenters. The largest absolute Gasteiger partial charge is 0.478 e. The van der Waals surface area contributed by atoms with Gasteiger partial charge in [-0.2, -0.15) is 0 Å². The molecule has 0 bridgehead atoms. The number of nitrogen functional groups attached to an aromatic ring is 1. The topological polar surface area (TPSA) is 119 Å². The van der Waals surface area contributed by atoms with Crippen LogP contribution in [0.15, 0.2) is 18.2 Å². The van der Waals surface area contributed by atoms with Crippen LogP contribution in [-0.4, -0.2) is 38.9 Å². The molecule has 0 aliphatic rings. The van der Waals surface area contributed by atoms with Crippen molar-refractivity contribution < 1.29 is 19.4 Å². The van der Waals surface area contributed by atoms with Gasteiger partial charge in [-0.15, -0.1) is 0 Å². The number of hydrogen-bond acceptors (Lipinski definition) is 5.